The highest BCUT2D eigenvalue weighted by Gasteiger charge is 2.55. The minimum Gasteiger partial charge on any atom is -0.352 e. The maximum atomic E-state index is 13.6. The van der Waals surface area contributed by atoms with E-state index >= 15 is 0 Å². The Morgan fingerprint density at radius 2 is 1.74 bits per heavy atom. The fourth-order valence-electron chi connectivity index (χ4n) is 4.33. The summed E-state index contributed by atoms with van der Waals surface area (Å²) < 4.78 is 26.8. The summed E-state index contributed by atoms with van der Waals surface area (Å²) in [6.07, 6.45) is 1.62. The quantitative estimate of drug-likeness (QED) is 0.684. The number of sulfonamides is 1. The largest absolute Gasteiger partial charge is 0.352 e. The lowest BCUT2D eigenvalue weighted by atomic mass is 9.86. The number of piperidine rings is 1. The number of anilines is 1. The molecule has 1 atom stereocenters. The first-order valence-corrected chi connectivity index (χ1v) is 12.5. The van der Waals surface area contributed by atoms with Gasteiger partial charge in [-0.05, 0) is 52.2 Å². The van der Waals surface area contributed by atoms with Gasteiger partial charge in [-0.25, -0.2) is 12.7 Å². The first-order valence-electron chi connectivity index (χ1n) is 11.0. The smallest absolute Gasteiger partial charge is 0.250 e. The maximum absolute atomic E-state index is 13.6. The topological polar surface area (TPSA) is 90.0 Å². The summed E-state index contributed by atoms with van der Waals surface area (Å²) in [6.45, 7) is 8.19. The summed E-state index contributed by atoms with van der Waals surface area (Å²) >= 11 is 0. The average molecular weight is 451 g/mol. The van der Waals surface area contributed by atoms with Crippen molar-refractivity contribution in [3.8, 4) is 0 Å². The fourth-order valence-corrected chi connectivity index (χ4v) is 5.61. The van der Waals surface area contributed by atoms with Crippen molar-refractivity contribution in [2.75, 3.05) is 31.2 Å². The molecule has 172 valence electrons. The van der Waals surface area contributed by atoms with E-state index in [9.17, 15) is 18.0 Å². The Labute approximate surface area is 185 Å². The molecule has 2 fully saturated rings. The van der Waals surface area contributed by atoms with Crippen LogP contribution in [0.1, 0.15) is 47.0 Å². The first-order chi connectivity index (χ1) is 14.6. The van der Waals surface area contributed by atoms with Crippen molar-refractivity contribution in [3.05, 3.63) is 30.3 Å². The molecule has 3 rings (SSSR count). The highest BCUT2D eigenvalue weighted by molar-refractivity contribution is 7.89. The van der Waals surface area contributed by atoms with Crippen LogP contribution in [0.2, 0.25) is 0 Å². The lowest BCUT2D eigenvalue weighted by molar-refractivity contribution is -0.137. The van der Waals surface area contributed by atoms with Crippen molar-refractivity contribution in [1.29, 1.82) is 0 Å². The molecule has 0 aliphatic carbocycles. The number of benzene rings is 1. The molecular weight excluding hydrogens is 416 g/mol. The zero-order valence-corrected chi connectivity index (χ0v) is 19.7. The molecule has 2 amide bonds. The van der Waals surface area contributed by atoms with Gasteiger partial charge in [-0.15, -0.1) is 0 Å². The number of rotatable bonds is 7. The molecule has 8 nitrogen and oxygen atoms in total. The van der Waals surface area contributed by atoms with Gasteiger partial charge >= 0.3 is 0 Å². The van der Waals surface area contributed by atoms with Crippen molar-refractivity contribution >= 4 is 27.5 Å². The number of carbonyl (C=O) groups is 2. The number of nitrogens with zero attached hydrogens (tertiary/aromatic N) is 3. The highest BCUT2D eigenvalue weighted by Crippen LogP contribution is 2.40. The van der Waals surface area contributed by atoms with Crippen LogP contribution in [0.5, 0.6) is 0 Å². The van der Waals surface area contributed by atoms with Crippen molar-refractivity contribution in [2.45, 2.75) is 63.8 Å². The normalized spacial score (nSPS) is 20.5. The van der Waals surface area contributed by atoms with Gasteiger partial charge in [0, 0.05) is 24.8 Å². The highest BCUT2D eigenvalue weighted by atomic mass is 32.2. The third-order valence-electron chi connectivity index (χ3n) is 6.44. The molecule has 1 N–H and O–H groups in total. The van der Waals surface area contributed by atoms with Crippen LogP contribution < -0.4 is 10.2 Å². The van der Waals surface area contributed by atoms with Crippen LogP contribution in [0.15, 0.2) is 30.3 Å². The molecule has 0 radical (unpaired) electrons. The van der Waals surface area contributed by atoms with E-state index in [1.807, 2.05) is 49.1 Å². The van der Waals surface area contributed by atoms with Gasteiger partial charge in [0.15, 0.2) is 0 Å². The second-order valence-electron chi connectivity index (χ2n) is 8.81. The minimum atomic E-state index is -3.37. The molecule has 0 aromatic heterocycles. The number of hydrogen-bond donors (Lipinski definition) is 1. The molecule has 2 aliphatic rings. The SMILES string of the molecule is CCC(C)NC(=O)CN1CN(c2ccccc2)C2(CCN(S(=O)(=O)C(C)C)CC2)C1=O. The monoisotopic (exact) mass is 450 g/mol. The Hall–Kier alpha value is -2.13. The van der Waals surface area contributed by atoms with E-state index in [-0.39, 0.29) is 24.4 Å². The molecule has 0 bridgehead atoms. The second-order valence-corrected chi connectivity index (χ2v) is 11.3. The molecule has 2 heterocycles. The summed E-state index contributed by atoms with van der Waals surface area (Å²) in [7, 11) is -3.37. The van der Waals surface area contributed by atoms with Gasteiger partial charge in [-0.3, -0.25) is 9.59 Å². The number of amides is 2. The first kappa shape index (κ1) is 23.5. The number of hydrogen-bond acceptors (Lipinski definition) is 5. The maximum Gasteiger partial charge on any atom is 0.250 e. The van der Waals surface area contributed by atoms with E-state index in [0.717, 1.165) is 12.1 Å². The van der Waals surface area contributed by atoms with Crippen molar-refractivity contribution in [1.82, 2.24) is 14.5 Å². The zero-order valence-electron chi connectivity index (χ0n) is 18.9. The molecule has 0 saturated carbocycles. The van der Waals surface area contributed by atoms with Gasteiger partial charge in [0.25, 0.3) is 0 Å². The lowest BCUT2D eigenvalue weighted by Gasteiger charge is -2.43. The number of nitrogens with one attached hydrogen (secondary N) is 1. The number of carbonyl (C=O) groups excluding carboxylic acids is 2. The van der Waals surface area contributed by atoms with Crippen molar-refractivity contribution in [3.63, 3.8) is 0 Å². The van der Waals surface area contributed by atoms with Crippen LogP contribution in [-0.4, -0.2) is 72.6 Å². The summed E-state index contributed by atoms with van der Waals surface area (Å²) in [5.41, 5.74) is 0.0712. The zero-order chi connectivity index (χ0) is 22.8. The van der Waals surface area contributed by atoms with Gasteiger partial charge in [0.1, 0.15) is 12.1 Å². The van der Waals surface area contributed by atoms with Gasteiger partial charge < -0.3 is 15.1 Å². The van der Waals surface area contributed by atoms with E-state index in [1.165, 1.54) is 4.31 Å². The predicted octanol–water partition coefficient (Wildman–Crippen LogP) is 1.78. The van der Waals surface area contributed by atoms with E-state index < -0.39 is 20.8 Å². The third kappa shape index (κ3) is 4.57. The van der Waals surface area contributed by atoms with Crippen molar-refractivity contribution in [2.24, 2.45) is 0 Å². The van der Waals surface area contributed by atoms with Crippen LogP contribution in [0.4, 0.5) is 5.69 Å². The molecule has 1 aromatic carbocycles. The average Bonchev–Trinajstić information content (AvgIpc) is 3.00. The Morgan fingerprint density at radius 3 is 2.29 bits per heavy atom. The molecule has 9 heteroatoms. The van der Waals surface area contributed by atoms with E-state index in [4.69, 9.17) is 0 Å². The summed E-state index contributed by atoms with van der Waals surface area (Å²) in [5, 5.41) is 2.43. The minimum absolute atomic E-state index is 0.00225. The van der Waals surface area contributed by atoms with Gasteiger partial charge in [0.2, 0.25) is 21.8 Å². The Kier molecular flexibility index (Phi) is 6.95. The molecule has 1 unspecified atom stereocenters. The van der Waals surface area contributed by atoms with E-state index in [1.54, 1.807) is 18.7 Å². The number of para-hydroxylation sites is 1. The van der Waals surface area contributed by atoms with Crippen LogP contribution in [0.25, 0.3) is 0 Å². The van der Waals surface area contributed by atoms with Crippen LogP contribution in [0.3, 0.4) is 0 Å². The molecular formula is C22H34N4O4S. The van der Waals surface area contributed by atoms with Gasteiger partial charge in [-0.2, -0.15) is 0 Å². The Balaban J connectivity index is 1.84. The fraction of sp³-hybridized carbons (Fsp3) is 0.636. The molecule has 1 spiro atoms. The molecule has 31 heavy (non-hydrogen) atoms. The molecule has 2 aliphatic heterocycles. The molecule has 2 saturated heterocycles. The lowest BCUT2D eigenvalue weighted by Crippen LogP contribution is -2.58. The van der Waals surface area contributed by atoms with Crippen molar-refractivity contribution < 1.29 is 18.0 Å². The summed E-state index contributed by atoms with van der Waals surface area (Å²) in [6, 6.07) is 9.72. The van der Waals surface area contributed by atoms with Gasteiger partial charge in [-0.1, -0.05) is 25.1 Å². The van der Waals surface area contributed by atoms with Crippen LogP contribution in [0, 0.1) is 0 Å². The summed E-state index contributed by atoms with van der Waals surface area (Å²) in [4.78, 5) is 29.7. The Morgan fingerprint density at radius 1 is 1.13 bits per heavy atom. The Bertz CT molecular complexity index is 895. The second kappa shape index (κ2) is 9.16. The van der Waals surface area contributed by atoms with Gasteiger partial charge in [0.05, 0.1) is 11.9 Å². The van der Waals surface area contributed by atoms with Crippen LogP contribution in [-0.2, 0) is 19.6 Å². The molecule has 1 aromatic rings. The predicted molar refractivity (Wildman–Crippen MR) is 121 cm³/mol. The standard InChI is InChI=1S/C22H34N4O4S/c1-5-18(4)23-20(27)15-24-16-26(19-9-7-6-8-10-19)22(21(24)28)11-13-25(14-12-22)31(29,30)17(2)3/h6-10,17-18H,5,11-16H2,1-4H3,(H,23,27). The van der Waals surface area contributed by atoms with Crippen LogP contribution >= 0.6 is 0 Å². The third-order valence-corrected chi connectivity index (χ3v) is 8.72. The summed E-state index contributed by atoms with van der Waals surface area (Å²) in [5.74, 6) is -0.273. The van der Waals surface area contributed by atoms with E-state index in [0.29, 0.717) is 32.6 Å². The van der Waals surface area contributed by atoms with E-state index in [2.05, 4.69) is 5.32 Å².